The smallest absolute Gasteiger partial charge is 0.213 e. The Morgan fingerprint density at radius 2 is 1.90 bits per heavy atom. The average molecular weight is 351 g/mol. The Balaban J connectivity index is 2.36. The Morgan fingerprint density at radius 1 is 1.29 bits per heavy atom. The average Bonchev–Trinajstić information content (AvgIpc) is 2.49. The molecule has 0 radical (unpaired) electrons. The zero-order chi connectivity index (χ0) is 15.6. The number of carbonyl (C=O) groups is 2. The van der Waals surface area contributed by atoms with Crippen LogP contribution in [0.2, 0.25) is 0 Å². The van der Waals surface area contributed by atoms with E-state index in [0.717, 1.165) is 6.07 Å². The molecule has 2 N–H and O–H groups in total. The molecule has 0 aliphatic heterocycles. The summed E-state index contributed by atoms with van der Waals surface area (Å²) >= 11 is 3.16. The maximum atomic E-state index is 13.3. The minimum Gasteiger partial charge on any atom is -0.396 e. The van der Waals surface area contributed by atoms with Crippen LogP contribution in [-0.2, 0) is 4.79 Å². The van der Waals surface area contributed by atoms with Crippen molar-refractivity contribution in [3.8, 4) is 0 Å². The zero-order valence-electron chi connectivity index (χ0n) is 11.1. The monoisotopic (exact) mass is 350 g/mol. The van der Waals surface area contributed by atoms with Gasteiger partial charge in [-0.3, -0.25) is 9.59 Å². The number of carbonyl (C=O) groups excluding carboxylic acids is 2. The highest BCUT2D eigenvalue weighted by Crippen LogP contribution is 2.25. The van der Waals surface area contributed by atoms with Crippen LogP contribution in [0.3, 0.4) is 0 Å². The molecular weight excluding hydrogens is 339 g/mol. The molecule has 0 atom stereocenters. The van der Waals surface area contributed by atoms with Crippen molar-refractivity contribution in [2.45, 2.75) is 0 Å². The lowest BCUT2D eigenvalue weighted by molar-refractivity contribution is -0.107. The Morgan fingerprint density at radius 3 is 2.48 bits per heavy atom. The first-order valence-corrected chi connectivity index (χ1v) is 6.80. The van der Waals surface area contributed by atoms with E-state index in [9.17, 15) is 14.0 Å². The molecular formula is C15H12BrFN2O2. The summed E-state index contributed by atoms with van der Waals surface area (Å²) in [6.45, 7) is 0. The van der Waals surface area contributed by atoms with E-state index in [-0.39, 0.29) is 17.0 Å². The fourth-order valence-electron chi connectivity index (χ4n) is 1.80. The first-order valence-electron chi connectivity index (χ1n) is 6.01. The van der Waals surface area contributed by atoms with Gasteiger partial charge in [-0.1, -0.05) is 0 Å². The summed E-state index contributed by atoms with van der Waals surface area (Å²) in [4.78, 5) is 24.4. The van der Waals surface area contributed by atoms with E-state index in [1.807, 2.05) is 0 Å². The normalized spacial score (nSPS) is 10.2. The fourth-order valence-corrected chi connectivity index (χ4v) is 2.30. The van der Waals surface area contributed by atoms with Crippen LogP contribution >= 0.6 is 15.9 Å². The topological polar surface area (TPSA) is 63.4 Å². The second kappa shape index (κ2) is 6.05. The van der Waals surface area contributed by atoms with Crippen LogP contribution in [0.1, 0.15) is 15.9 Å². The van der Waals surface area contributed by atoms with Gasteiger partial charge in [-0.15, -0.1) is 0 Å². The van der Waals surface area contributed by atoms with Crippen molar-refractivity contribution in [2.75, 3.05) is 17.7 Å². The largest absolute Gasteiger partial charge is 0.396 e. The molecule has 2 aromatic carbocycles. The number of nitrogen functional groups attached to an aromatic ring is 1. The molecule has 0 heterocycles. The Hall–Kier alpha value is -2.21. The highest BCUT2D eigenvalue weighted by Gasteiger charge is 2.15. The van der Waals surface area contributed by atoms with Gasteiger partial charge < -0.3 is 10.6 Å². The molecule has 0 aliphatic rings. The van der Waals surface area contributed by atoms with Gasteiger partial charge in [0.2, 0.25) is 6.41 Å². The molecule has 0 unspecified atom stereocenters. The predicted molar refractivity (Wildman–Crippen MR) is 82.9 cm³/mol. The van der Waals surface area contributed by atoms with Crippen molar-refractivity contribution in [3.05, 3.63) is 57.8 Å². The molecule has 0 aromatic heterocycles. The lowest BCUT2D eigenvalue weighted by atomic mass is 10.0. The summed E-state index contributed by atoms with van der Waals surface area (Å²) in [5, 5.41) is 0. The van der Waals surface area contributed by atoms with Gasteiger partial charge in [0.25, 0.3) is 0 Å². The number of hydrogen-bond donors (Lipinski definition) is 1. The van der Waals surface area contributed by atoms with E-state index in [1.54, 1.807) is 31.3 Å². The van der Waals surface area contributed by atoms with E-state index >= 15 is 0 Å². The molecule has 0 spiro atoms. The second-order valence-electron chi connectivity index (χ2n) is 4.45. The number of amides is 1. The van der Waals surface area contributed by atoms with Gasteiger partial charge in [-0.05, 0) is 52.3 Å². The van der Waals surface area contributed by atoms with E-state index in [4.69, 9.17) is 5.73 Å². The summed E-state index contributed by atoms with van der Waals surface area (Å²) in [5.74, 6) is -0.865. The number of nitrogens with zero attached hydrogens (tertiary/aromatic N) is 1. The van der Waals surface area contributed by atoms with Gasteiger partial charge in [-0.25, -0.2) is 4.39 Å². The fraction of sp³-hybridized carbons (Fsp3) is 0.0667. The van der Waals surface area contributed by atoms with Crippen molar-refractivity contribution >= 4 is 39.5 Å². The van der Waals surface area contributed by atoms with E-state index in [1.165, 1.54) is 11.0 Å². The van der Waals surface area contributed by atoms with Gasteiger partial charge >= 0.3 is 0 Å². The van der Waals surface area contributed by atoms with Crippen LogP contribution in [0.25, 0.3) is 0 Å². The number of rotatable bonds is 4. The molecule has 1 amide bonds. The Labute approximate surface area is 129 Å². The number of ketones is 1. The van der Waals surface area contributed by atoms with Crippen LogP contribution in [0.4, 0.5) is 15.8 Å². The van der Waals surface area contributed by atoms with Crippen LogP contribution in [0, 0.1) is 5.82 Å². The minimum atomic E-state index is -0.582. The summed E-state index contributed by atoms with van der Waals surface area (Å²) in [5.41, 5.74) is 6.78. The molecule has 108 valence electrons. The van der Waals surface area contributed by atoms with Crippen LogP contribution in [0.5, 0.6) is 0 Å². The lowest BCUT2D eigenvalue weighted by Gasteiger charge is -2.11. The van der Waals surface area contributed by atoms with E-state index in [2.05, 4.69) is 15.9 Å². The third-order valence-corrected chi connectivity index (χ3v) is 3.68. The SMILES string of the molecule is CN(C=O)c1ccc(C(=O)c2cc(N)c(F)cc2Br)cc1. The Kier molecular flexibility index (Phi) is 4.37. The number of benzene rings is 2. The van der Waals surface area contributed by atoms with Gasteiger partial charge in [0.1, 0.15) is 5.82 Å². The van der Waals surface area contributed by atoms with Crippen LogP contribution < -0.4 is 10.6 Å². The van der Waals surface area contributed by atoms with Gasteiger partial charge in [0.15, 0.2) is 5.78 Å². The minimum absolute atomic E-state index is 0.0844. The third-order valence-electron chi connectivity index (χ3n) is 3.03. The predicted octanol–water partition coefficient (Wildman–Crippen LogP) is 2.99. The quantitative estimate of drug-likeness (QED) is 0.523. The highest BCUT2D eigenvalue weighted by atomic mass is 79.9. The molecule has 2 aromatic rings. The van der Waals surface area contributed by atoms with E-state index in [0.29, 0.717) is 22.1 Å². The first kappa shape index (κ1) is 15.2. The summed E-state index contributed by atoms with van der Waals surface area (Å²) in [7, 11) is 1.61. The van der Waals surface area contributed by atoms with Crippen LogP contribution in [-0.4, -0.2) is 19.2 Å². The summed E-state index contributed by atoms with van der Waals surface area (Å²) < 4.78 is 13.6. The molecule has 2 rings (SSSR count). The molecule has 6 heteroatoms. The number of hydrogen-bond acceptors (Lipinski definition) is 3. The molecule has 0 saturated heterocycles. The third kappa shape index (κ3) is 3.11. The maximum absolute atomic E-state index is 13.3. The van der Waals surface area contributed by atoms with Gasteiger partial charge in [-0.2, -0.15) is 0 Å². The van der Waals surface area contributed by atoms with E-state index < -0.39 is 5.82 Å². The summed E-state index contributed by atoms with van der Waals surface area (Å²) in [6, 6.07) is 8.97. The number of anilines is 2. The van der Waals surface area contributed by atoms with Gasteiger partial charge in [0, 0.05) is 28.3 Å². The van der Waals surface area contributed by atoms with Gasteiger partial charge in [0.05, 0.1) is 5.69 Å². The van der Waals surface area contributed by atoms with Crippen molar-refractivity contribution in [1.82, 2.24) is 0 Å². The van der Waals surface area contributed by atoms with Crippen molar-refractivity contribution in [2.24, 2.45) is 0 Å². The molecule has 4 nitrogen and oxygen atoms in total. The molecule has 0 aliphatic carbocycles. The second-order valence-corrected chi connectivity index (χ2v) is 5.30. The van der Waals surface area contributed by atoms with Crippen LogP contribution in [0.15, 0.2) is 40.9 Å². The zero-order valence-corrected chi connectivity index (χ0v) is 12.7. The highest BCUT2D eigenvalue weighted by molar-refractivity contribution is 9.10. The molecule has 0 bridgehead atoms. The lowest BCUT2D eigenvalue weighted by Crippen LogP contribution is -2.13. The molecule has 0 fully saturated rings. The number of halogens is 2. The van der Waals surface area contributed by atoms with Crippen molar-refractivity contribution in [3.63, 3.8) is 0 Å². The maximum Gasteiger partial charge on any atom is 0.213 e. The van der Waals surface area contributed by atoms with Crippen molar-refractivity contribution in [1.29, 1.82) is 0 Å². The summed E-state index contributed by atoms with van der Waals surface area (Å²) in [6.07, 6.45) is 0.675. The first-order chi connectivity index (χ1) is 9.93. The van der Waals surface area contributed by atoms with Crippen molar-refractivity contribution < 1.29 is 14.0 Å². The Bertz CT molecular complexity index is 702. The molecule has 21 heavy (non-hydrogen) atoms. The standard InChI is InChI=1S/C15H12BrFN2O2/c1-19(8-20)10-4-2-9(3-5-10)15(21)11-6-14(18)13(17)7-12(11)16/h2-8H,18H2,1H3. The molecule has 0 saturated carbocycles. The number of nitrogens with two attached hydrogens (primary N) is 1.